The average molecular weight is 1430 g/mol. The third-order valence-corrected chi connectivity index (χ3v) is 14.6. The largest absolute Gasteiger partial charge is 0.480 e. The molecule has 0 aromatic heterocycles. The van der Waals surface area contributed by atoms with E-state index in [0.717, 1.165) is 0 Å². The molecule has 0 bridgehead atoms. The second-order valence-electron chi connectivity index (χ2n) is 22.2. The Labute approximate surface area is 569 Å². The molecule has 96 heavy (non-hydrogen) atoms. The van der Waals surface area contributed by atoms with E-state index in [2.05, 4.69) is 45.2 Å². The number of carbonyl (C=O) groups is 12. The fourth-order valence-corrected chi connectivity index (χ4v) is 9.01. The second-order valence-corrected chi connectivity index (χ2v) is 27.0. The van der Waals surface area contributed by atoms with Crippen molar-refractivity contribution in [2.45, 2.75) is 171 Å². The van der Waals surface area contributed by atoms with Crippen molar-refractivity contribution in [2.24, 2.45) is 17.8 Å². The number of hydrogen-bond donors (Lipinski definition) is 4. The Kier molecular flexibility index (Phi) is 37.6. The van der Waals surface area contributed by atoms with E-state index in [1.807, 2.05) is 0 Å². The van der Waals surface area contributed by atoms with Crippen LogP contribution in [0.15, 0.2) is 72.1 Å². The predicted molar refractivity (Wildman–Crippen MR) is 341 cm³/mol. The Hall–Kier alpha value is -8.67. The van der Waals surface area contributed by atoms with Crippen molar-refractivity contribution in [3.05, 3.63) is 72.1 Å². The molecule has 3 atom stereocenters. The average Bonchev–Trinajstić information content (AvgIpc) is 1.32. The predicted octanol–water partition coefficient (Wildman–Crippen LogP) is 10.1. The topological polar surface area (TPSA) is 418 Å². The highest BCUT2D eigenvalue weighted by molar-refractivity contribution is 8.15. The number of esters is 5. The number of amides is 3. The van der Waals surface area contributed by atoms with Crippen LogP contribution in [0.2, 0.25) is 0 Å². The standard InChI is InChI=1S/C21H31NO10S.C20H29NO10S.C18H25NO10S.CH4/c1-11(2)17(23)28-10-29-19(25)22-16(18(24)30-12(3)4)21(7,8)33-20(26)27-9-15-13(5)31-14(6)32-15;1-8-26-17(23)15(21-18(24)29-10-28-16(22)11(2)3)20(6,7)32-19(25)27-9-14-12(4)30-13(5)31-14;1-9(2)15(22)26-8-27-16(23)19-13(14(20)21)18(5,6)30-17(24)25-7-12-10(3)28-11(4)29-12;/h11-12,16H,6,9-10H2,1-5,7-8H3,(H,22,25);11,15H,5,8-10H2,1-4,6-7H3,(H,21,24);9,13H,4,7-8H2,1-3,5-6H3,(H,19,23)(H,20,21);1H4/t16-;15-;13-;/m000./s1. The molecule has 4 N–H and O–H groups in total. The van der Waals surface area contributed by atoms with Crippen LogP contribution in [0.25, 0.3) is 0 Å². The van der Waals surface area contributed by atoms with Gasteiger partial charge in [0.25, 0.3) is 17.8 Å². The van der Waals surface area contributed by atoms with Gasteiger partial charge in [-0.1, -0.05) is 49.0 Å². The second kappa shape index (κ2) is 41.3. The van der Waals surface area contributed by atoms with Crippen molar-refractivity contribution in [1.29, 1.82) is 0 Å². The van der Waals surface area contributed by atoms with Crippen molar-refractivity contribution >= 4 is 105 Å². The lowest BCUT2D eigenvalue weighted by molar-refractivity contribution is -0.157. The smallest absolute Gasteiger partial charge is 0.410 e. The summed E-state index contributed by atoms with van der Waals surface area (Å²) in [6, 6.07) is -4.09. The van der Waals surface area contributed by atoms with Crippen LogP contribution in [0.1, 0.15) is 132 Å². The highest BCUT2D eigenvalue weighted by Gasteiger charge is 2.44. The third-order valence-electron chi connectivity index (χ3n) is 11.5. The van der Waals surface area contributed by atoms with Gasteiger partial charge in [0.2, 0.25) is 20.4 Å². The summed E-state index contributed by atoms with van der Waals surface area (Å²) >= 11 is 1.89. The molecular formula is C60H89N3O30S3. The molecule has 542 valence electrons. The van der Waals surface area contributed by atoms with Gasteiger partial charge in [-0.15, -0.1) is 0 Å². The van der Waals surface area contributed by atoms with Crippen LogP contribution < -0.4 is 16.0 Å². The molecule has 0 unspecified atom stereocenters. The van der Waals surface area contributed by atoms with Crippen molar-refractivity contribution in [3.63, 3.8) is 0 Å². The summed E-state index contributed by atoms with van der Waals surface area (Å²) in [7, 11) is 0. The fourth-order valence-electron chi connectivity index (χ4n) is 6.54. The zero-order valence-electron chi connectivity index (χ0n) is 56.1. The maximum Gasteiger partial charge on any atom is 0.410 e. The summed E-state index contributed by atoms with van der Waals surface area (Å²) in [5.74, 6) is -3.59. The van der Waals surface area contributed by atoms with E-state index in [-0.39, 0.29) is 57.4 Å². The van der Waals surface area contributed by atoms with E-state index >= 15 is 0 Å². The summed E-state index contributed by atoms with van der Waals surface area (Å²) in [4.78, 5) is 144. The number of rotatable bonds is 29. The monoisotopic (exact) mass is 1430 g/mol. The van der Waals surface area contributed by atoms with E-state index in [4.69, 9.17) is 71.1 Å². The van der Waals surface area contributed by atoms with Gasteiger partial charge >= 0.3 is 70.0 Å². The van der Waals surface area contributed by atoms with Crippen molar-refractivity contribution in [2.75, 3.05) is 46.8 Å². The molecule has 0 aliphatic carbocycles. The van der Waals surface area contributed by atoms with Gasteiger partial charge in [0.05, 0.1) is 44.7 Å². The van der Waals surface area contributed by atoms with Gasteiger partial charge in [0.1, 0.15) is 35.4 Å². The van der Waals surface area contributed by atoms with E-state index in [1.54, 1.807) is 111 Å². The first-order valence-electron chi connectivity index (χ1n) is 28.6. The van der Waals surface area contributed by atoms with Crippen LogP contribution in [0, 0.1) is 17.8 Å². The molecule has 0 saturated heterocycles. The number of carboxylic acid groups (broad SMARTS) is 1. The Morgan fingerprint density at radius 2 is 0.688 bits per heavy atom. The van der Waals surface area contributed by atoms with Gasteiger partial charge in [-0.25, -0.2) is 43.2 Å². The van der Waals surface area contributed by atoms with Crippen LogP contribution in [0.3, 0.4) is 0 Å². The Balaban J connectivity index is 0.00000140. The first-order valence-corrected chi connectivity index (χ1v) is 31.1. The lowest BCUT2D eigenvalue weighted by Gasteiger charge is -2.31. The number of alkyl carbamates (subject to hydrolysis) is 3. The molecule has 3 aliphatic heterocycles. The van der Waals surface area contributed by atoms with Crippen LogP contribution in [-0.2, 0) is 109 Å². The van der Waals surface area contributed by atoms with Crippen molar-refractivity contribution < 1.29 is 143 Å². The molecule has 0 fully saturated rings. The minimum absolute atomic E-state index is 0. The number of aliphatic carboxylic acids is 1. The van der Waals surface area contributed by atoms with Crippen molar-refractivity contribution in [3.8, 4) is 0 Å². The molecule has 36 heteroatoms. The first-order chi connectivity index (χ1) is 43.9. The molecule has 3 heterocycles. The van der Waals surface area contributed by atoms with Gasteiger partial charge < -0.3 is 102 Å². The molecule has 0 radical (unpaired) electrons. The van der Waals surface area contributed by atoms with Crippen LogP contribution in [0.5, 0.6) is 0 Å². The number of thioether (sulfide) groups is 3. The van der Waals surface area contributed by atoms with Gasteiger partial charge in [-0.05, 0) is 138 Å². The summed E-state index contributed by atoms with van der Waals surface area (Å²) in [6.45, 7) is 36.4. The zero-order valence-corrected chi connectivity index (χ0v) is 58.6. The molecule has 0 spiro atoms. The number of allylic oxidation sites excluding steroid dienone is 3. The van der Waals surface area contributed by atoms with Gasteiger partial charge in [-0.3, -0.25) is 14.4 Å². The van der Waals surface area contributed by atoms with Crippen LogP contribution in [0.4, 0.5) is 28.8 Å². The van der Waals surface area contributed by atoms with E-state index in [9.17, 15) is 62.6 Å². The van der Waals surface area contributed by atoms with E-state index in [0.29, 0.717) is 64.1 Å². The number of carboxylic acids is 1. The molecule has 0 saturated carbocycles. The van der Waals surface area contributed by atoms with Gasteiger partial charge in [0, 0.05) is 0 Å². The van der Waals surface area contributed by atoms with E-state index in [1.165, 1.54) is 13.8 Å². The molecular weight excluding hydrogens is 1340 g/mol. The molecule has 33 nitrogen and oxygen atoms in total. The lowest BCUT2D eigenvalue weighted by atomic mass is 10.0. The lowest BCUT2D eigenvalue weighted by Crippen LogP contribution is -2.54. The Morgan fingerprint density at radius 1 is 0.417 bits per heavy atom. The zero-order chi connectivity index (χ0) is 72.9. The molecule has 3 rings (SSSR count). The number of carbonyl (C=O) groups excluding carboxylic acids is 11. The summed E-state index contributed by atoms with van der Waals surface area (Å²) in [6.07, 6.45) is -3.66. The minimum atomic E-state index is -1.52. The molecule has 0 aromatic rings. The SMILES string of the molecule is C.C=C1OC(C)=C(COC(=O)SC(C)(C)[C@@H](NC(=O)OCOC(=O)C(C)C)C(=O)O)O1.C=C1OC(C)=C(COC(=O)SC(C)(C)[C@@H](NC(=O)OCOC(=O)C(C)C)C(=O)OC(C)C)O1.C=C1OC(C)=C(COC(=O)SC(C)(C)[C@@H](NC(=O)OCOC(=O)C(C)C)C(=O)OCC)O1. The molecule has 3 amide bonds. The maximum atomic E-state index is 12.6. The highest BCUT2D eigenvalue weighted by atomic mass is 32.2. The van der Waals surface area contributed by atoms with Gasteiger partial charge in [-0.2, -0.15) is 0 Å². The van der Waals surface area contributed by atoms with Crippen molar-refractivity contribution in [1.82, 2.24) is 16.0 Å². The van der Waals surface area contributed by atoms with Crippen LogP contribution >= 0.6 is 35.3 Å². The maximum absolute atomic E-state index is 12.6. The third kappa shape index (κ3) is 32.6. The number of ether oxygens (including phenoxy) is 17. The number of hydrogen-bond acceptors (Lipinski definition) is 32. The summed E-state index contributed by atoms with van der Waals surface area (Å²) in [5, 5.41) is 14.0. The fraction of sp³-hybridized carbons (Fsp3) is 0.600. The summed E-state index contributed by atoms with van der Waals surface area (Å²) in [5.41, 5.74) is 0. The molecule has 0 aromatic carbocycles. The number of nitrogens with one attached hydrogen (secondary N) is 3. The first kappa shape index (κ1) is 87.3. The Morgan fingerprint density at radius 3 is 0.927 bits per heavy atom. The summed E-state index contributed by atoms with van der Waals surface area (Å²) < 4.78 is 81.2. The normalized spacial score (nSPS) is 14.2. The minimum Gasteiger partial charge on any atom is -0.480 e. The van der Waals surface area contributed by atoms with Gasteiger partial charge in [0.15, 0.2) is 37.1 Å². The highest BCUT2D eigenvalue weighted by Crippen LogP contribution is 2.35. The Bertz CT molecular complexity index is 2930. The van der Waals surface area contributed by atoms with E-state index < -0.39 is 147 Å². The van der Waals surface area contributed by atoms with Crippen LogP contribution in [-0.4, -0.2) is 160 Å². The quantitative estimate of drug-likeness (QED) is 0.0307. The molecule has 3 aliphatic rings.